The van der Waals surface area contributed by atoms with Crippen molar-refractivity contribution in [3.05, 3.63) is 106 Å². The second-order valence-electron chi connectivity index (χ2n) is 13.5. The minimum atomic E-state index is 0. The summed E-state index contributed by atoms with van der Waals surface area (Å²) >= 11 is 0. The summed E-state index contributed by atoms with van der Waals surface area (Å²) in [5.74, 6) is 0. The van der Waals surface area contributed by atoms with Crippen molar-refractivity contribution in [3.8, 4) is 33.4 Å². The maximum absolute atomic E-state index is 4.01. The van der Waals surface area contributed by atoms with Gasteiger partial charge in [-0.05, 0) is 57.9 Å². The average molecular weight is 676 g/mol. The Morgan fingerprint density at radius 2 is 1.10 bits per heavy atom. The Bertz CT molecular complexity index is 1400. The van der Waals surface area contributed by atoms with Crippen LogP contribution in [0.25, 0.3) is 33.4 Å². The van der Waals surface area contributed by atoms with Crippen LogP contribution < -0.4 is 24.8 Å². The first-order valence-electron chi connectivity index (χ1n) is 15.0. The minimum absolute atomic E-state index is 0. The van der Waals surface area contributed by atoms with Crippen LogP contribution in [0.5, 0.6) is 0 Å². The zero-order valence-electron chi connectivity index (χ0n) is 26.6. The number of fused-ring (bicyclic) bond motifs is 3. The molecule has 42 heavy (non-hydrogen) atoms. The predicted octanol–water partition coefficient (Wildman–Crippen LogP) is 4.90. The first-order chi connectivity index (χ1) is 18.5. The summed E-state index contributed by atoms with van der Waals surface area (Å²) in [6, 6.07) is 29.6. The summed E-state index contributed by atoms with van der Waals surface area (Å²) < 4.78 is 0. The zero-order valence-corrected chi connectivity index (χ0v) is 30.6. The topological polar surface area (TPSA) is 0 Å². The van der Waals surface area contributed by atoms with E-state index in [1.807, 2.05) is 0 Å². The van der Waals surface area contributed by atoms with E-state index >= 15 is 0 Å². The molecule has 5 rings (SSSR count). The van der Waals surface area contributed by atoms with Crippen LogP contribution in [0.2, 0.25) is 0 Å². The van der Waals surface area contributed by atoms with Crippen molar-refractivity contribution in [2.24, 2.45) is 0 Å². The molecule has 0 bridgehead atoms. The van der Waals surface area contributed by atoms with E-state index in [1.54, 1.807) is 0 Å². The molecule has 4 aromatic rings. The van der Waals surface area contributed by atoms with E-state index in [0.29, 0.717) is 0 Å². The fraction of sp³-hybridized carbons (Fsp3) is 0.385. The van der Waals surface area contributed by atoms with Crippen LogP contribution in [0.1, 0.15) is 102 Å². The van der Waals surface area contributed by atoms with Gasteiger partial charge in [0.15, 0.2) is 0 Å². The molecule has 1 aliphatic rings. The maximum Gasteiger partial charge on any atom is 3.00 e. The van der Waals surface area contributed by atoms with Crippen LogP contribution in [0.15, 0.2) is 66.7 Å². The number of benzene rings is 4. The molecule has 0 atom stereocenters. The molecule has 0 spiro atoms. The monoisotopic (exact) mass is 673 g/mol. The number of hydrogen-bond acceptors (Lipinski definition) is 0. The van der Waals surface area contributed by atoms with Crippen molar-refractivity contribution in [2.45, 2.75) is 98.3 Å². The molecule has 1 aliphatic carbocycles. The first kappa shape index (κ1) is 36.5. The summed E-state index contributed by atoms with van der Waals surface area (Å²) in [5, 5.41) is 0. The van der Waals surface area contributed by atoms with E-state index in [9.17, 15) is 0 Å². The molecule has 0 fully saturated rings. The van der Waals surface area contributed by atoms with E-state index in [-0.39, 0.29) is 61.8 Å². The largest absolute Gasteiger partial charge is 3.00 e. The number of rotatable bonds is 6. The summed E-state index contributed by atoms with van der Waals surface area (Å²) in [6.07, 6.45) is 5.47. The molecule has 4 aromatic carbocycles. The maximum atomic E-state index is 4.01. The molecule has 0 aliphatic heterocycles. The predicted molar refractivity (Wildman–Crippen MR) is 170 cm³/mol. The van der Waals surface area contributed by atoms with Crippen molar-refractivity contribution in [2.75, 3.05) is 0 Å². The fourth-order valence-electron chi connectivity index (χ4n) is 6.37. The molecule has 219 valence electrons. The van der Waals surface area contributed by atoms with E-state index in [2.05, 4.69) is 128 Å². The molecule has 0 unspecified atom stereocenters. The van der Waals surface area contributed by atoms with Crippen LogP contribution in [-0.2, 0) is 56.3 Å². The van der Waals surface area contributed by atoms with Gasteiger partial charge in [0, 0.05) is 0 Å². The van der Waals surface area contributed by atoms with Crippen molar-refractivity contribution in [1.29, 1.82) is 0 Å². The molecule has 0 nitrogen and oxygen atoms in total. The van der Waals surface area contributed by atoms with Crippen molar-refractivity contribution in [1.82, 2.24) is 0 Å². The van der Waals surface area contributed by atoms with Crippen LogP contribution in [0, 0.1) is 6.07 Å². The Balaban J connectivity index is 0.00000205. The van der Waals surface area contributed by atoms with Crippen LogP contribution >= 0.6 is 0 Å². The van der Waals surface area contributed by atoms with Gasteiger partial charge in [0.1, 0.15) is 0 Å². The van der Waals surface area contributed by atoms with Gasteiger partial charge >= 0.3 is 26.2 Å². The molecule has 0 saturated heterocycles. The van der Waals surface area contributed by atoms with E-state index in [4.69, 9.17) is 0 Å². The van der Waals surface area contributed by atoms with Gasteiger partial charge in [-0.2, -0.15) is 0 Å². The van der Waals surface area contributed by atoms with Crippen molar-refractivity contribution >= 4 is 0 Å². The van der Waals surface area contributed by atoms with Crippen LogP contribution in [0.3, 0.4) is 0 Å². The standard InChI is InChI=1S/C39H45.2ClH.Zr/c1-9-15-26-17-11-13-19-30(26)34-22-28-21-29-23-35(31-20-14-12-18-27(31)16-10-2)37(39(6,7)8)25-33(29)32(28)24-36(34)38(3,4)5;;;/h11-14,17-20,22,24-25H,9-10,15-16,21H2,1-8H3;2*1H;/q-1;;;+3/p-2. The van der Waals surface area contributed by atoms with Crippen molar-refractivity contribution in [3.63, 3.8) is 0 Å². The number of halogens is 2. The summed E-state index contributed by atoms with van der Waals surface area (Å²) in [5.41, 5.74) is 16.8. The van der Waals surface area contributed by atoms with Crippen molar-refractivity contribution < 1.29 is 51.0 Å². The third-order valence-corrected chi connectivity index (χ3v) is 8.31. The summed E-state index contributed by atoms with van der Waals surface area (Å²) in [6.45, 7) is 18.7. The quantitative estimate of drug-likeness (QED) is 0.225. The Morgan fingerprint density at radius 1 is 0.595 bits per heavy atom. The molecule has 0 N–H and O–H groups in total. The second kappa shape index (κ2) is 14.4. The Kier molecular flexibility index (Phi) is 12.5. The van der Waals surface area contributed by atoms with E-state index in [0.717, 1.165) is 32.1 Å². The summed E-state index contributed by atoms with van der Waals surface area (Å²) in [4.78, 5) is 0. The molecular formula is C39H45Cl2Zr. The Hall–Kier alpha value is -1.66. The van der Waals surface area contributed by atoms with E-state index < -0.39 is 0 Å². The minimum Gasteiger partial charge on any atom is -1.00 e. The molecule has 0 amide bonds. The third-order valence-electron chi connectivity index (χ3n) is 8.31. The van der Waals surface area contributed by atoms with Gasteiger partial charge in [0.2, 0.25) is 0 Å². The number of aryl methyl sites for hydroxylation is 2. The van der Waals surface area contributed by atoms with Crippen LogP contribution in [-0.4, -0.2) is 0 Å². The van der Waals surface area contributed by atoms with Gasteiger partial charge in [-0.1, -0.05) is 151 Å². The molecule has 0 saturated carbocycles. The van der Waals surface area contributed by atoms with Gasteiger partial charge in [0.05, 0.1) is 0 Å². The average Bonchev–Trinajstić information content (AvgIpc) is 3.24. The second-order valence-corrected chi connectivity index (χ2v) is 13.5. The Labute approximate surface area is 287 Å². The molecule has 0 heterocycles. The summed E-state index contributed by atoms with van der Waals surface area (Å²) in [7, 11) is 0. The Morgan fingerprint density at radius 3 is 1.64 bits per heavy atom. The van der Waals surface area contributed by atoms with Gasteiger partial charge in [-0.25, -0.2) is 0 Å². The smallest absolute Gasteiger partial charge is 1.00 e. The van der Waals surface area contributed by atoms with Gasteiger partial charge < -0.3 is 24.8 Å². The number of hydrogen-bond donors (Lipinski definition) is 0. The molecule has 0 aromatic heterocycles. The third kappa shape index (κ3) is 7.17. The molecule has 3 heteroatoms. The van der Waals surface area contributed by atoms with E-state index in [1.165, 1.54) is 66.8 Å². The molecular weight excluding hydrogens is 631 g/mol. The van der Waals surface area contributed by atoms with Gasteiger partial charge in [-0.3, -0.25) is 0 Å². The SMILES string of the molecule is CCCc1ccccc1-c1[c-]c2c(cc1C(C)(C)C)-c1cc(C(C)(C)C)c(-c3ccccc3CCC)cc1C2.[Cl-].[Cl-].[Zr+3]. The first-order valence-corrected chi connectivity index (χ1v) is 15.0. The van der Waals surface area contributed by atoms with Gasteiger partial charge in [0.25, 0.3) is 0 Å². The fourth-order valence-corrected chi connectivity index (χ4v) is 6.37. The van der Waals surface area contributed by atoms with Gasteiger partial charge in [-0.15, -0.1) is 28.8 Å². The molecule has 1 radical (unpaired) electrons. The van der Waals surface area contributed by atoms with Crippen LogP contribution in [0.4, 0.5) is 0 Å². The zero-order chi connectivity index (χ0) is 27.9. The normalized spacial score (nSPS) is 12.0.